The van der Waals surface area contributed by atoms with Crippen molar-refractivity contribution in [3.05, 3.63) is 33.9 Å². The third-order valence-electron chi connectivity index (χ3n) is 3.03. The maximum Gasteiger partial charge on any atom is 0.308 e. The zero-order valence-corrected chi connectivity index (χ0v) is 11.0. The molecule has 1 rings (SSSR count). The van der Waals surface area contributed by atoms with Gasteiger partial charge in [-0.1, -0.05) is 19.4 Å². The summed E-state index contributed by atoms with van der Waals surface area (Å²) in [4.78, 5) is 21.4. The molecule has 0 amide bonds. The molecular weight excluding hydrogens is 248 g/mol. The van der Waals surface area contributed by atoms with Gasteiger partial charge in [0.2, 0.25) is 0 Å². The molecule has 0 aliphatic carbocycles. The van der Waals surface area contributed by atoms with Crippen LogP contribution in [0.4, 0.5) is 11.4 Å². The molecule has 0 saturated heterocycles. The highest BCUT2D eigenvalue weighted by atomic mass is 16.6. The summed E-state index contributed by atoms with van der Waals surface area (Å²) in [6.07, 6.45) is 1.36. The Labute approximate surface area is 111 Å². The summed E-state index contributed by atoms with van der Waals surface area (Å²) in [6.45, 7) is 3.84. The topological polar surface area (TPSA) is 92.5 Å². The molecule has 0 aromatic heterocycles. The number of anilines is 1. The van der Waals surface area contributed by atoms with Gasteiger partial charge in [-0.2, -0.15) is 0 Å². The summed E-state index contributed by atoms with van der Waals surface area (Å²) < 4.78 is 0. The summed E-state index contributed by atoms with van der Waals surface area (Å²) in [5.41, 5.74) is 1.16. The van der Waals surface area contributed by atoms with Gasteiger partial charge in [-0.25, -0.2) is 0 Å². The van der Waals surface area contributed by atoms with Gasteiger partial charge in [-0.3, -0.25) is 14.9 Å². The fourth-order valence-electron chi connectivity index (χ4n) is 1.91. The van der Waals surface area contributed by atoms with E-state index < -0.39 is 16.8 Å². The highest BCUT2D eigenvalue weighted by Crippen LogP contribution is 2.25. The van der Waals surface area contributed by atoms with E-state index in [-0.39, 0.29) is 12.2 Å². The predicted molar refractivity (Wildman–Crippen MR) is 72.4 cm³/mol. The number of carbonyl (C=O) groups is 1. The predicted octanol–water partition coefficient (Wildman–Crippen LogP) is 2.82. The summed E-state index contributed by atoms with van der Waals surface area (Å²) in [5, 5.41) is 22.8. The van der Waals surface area contributed by atoms with Crippen LogP contribution >= 0.6 is 0 Å². The third kappa shape index (κ3) is 3.94. The zero-order valence-electron chi connectivity index (χ0n) is 11.0. The summed E-state index contributed by atoms with van der Waals surface area (Å²) in [7, 11) is 0. The quantitative estimate of drug-likeness (QED) is 0.584. The number of benzene rings is 1. The molecule has 0 spiro atoms. The first-order chi connectivity index (χ1) is 8.97. The van der Waals surface area contributed by atoms with Crippen LogP contribution in [-0.4, -0.2) is 22.5 Å². The minimum atomic E-state index is -0.850. The molecule has 0 radical (unpaired) electrons. The highest BCUT2D eigenvalue weighted by molar-refractivity contribution is 5.71. The normalized spacial score (nSPS) is 11.9. The monoisotopic (exact) mass is 266 g/mol. The van der Waals surface area contributed by atoms with Crippen LogP contribution in [0.1, 0.15) is 25.3 Å². The molecule has 1 aromatic carbocycles. The Balaban J connectivity index is 2.80. The minimum Gasteiger partial charge on any atom is -0.481 e. The Bertz CT molecular complexity index is 474. The van der Waals surface area contributed by atoms with Crippen LogP contribution in [0.25, 0.3) is 0 Å². The maximum absolute atomic E-state index is 11.0. The minimum absolute atomic E-state index is 0.0346. The SMILES string of the molecule is CCCC(CNc1cccc([N+](=O)[O-])c1C)C(=O)O. The van der Waals surface area contributed by atoms with E-state index in [2.05, 4.69) is 5.32 Å². The van der Waals surface area contributed by atoms with Crippen LogP contribution in [0.3, 0.4) is 0 Å². The summed E-state index contributed by atoms with van der Waals surface area (Å²) in [6, 6.07) is 4.73. The zero-order chi connectivity index (χ0) is 14.4. The summed E-state index contributed by atoms with van der Waals surface area (Å²) >= 11 is 0. The largest absolute Gasteiger partial charge is 0.481 e. The van der Waals surface area contributed by atoms with Crippen molar-refractivity contribution in [3.8, 4) is 0 Å². The van der Waals surface area contributed by atoms with E-state index in [0.29, 0.717) is 17.7 Å². The van der Waals surface area contributed by atoms with Crippen LogP contribution in [0.15, 0.2) is 18.2 Å². The first-order valence-corrected chi connectivity index (χ1v) is 6.18. The number of carboxylic acid groups (broad SMARTS) is 1. The Morgan fingerprint density at radius 3 is 2.74 bits per heavy atom. The van der Waals surface area contributed by atoms with Gasteiger partial charge in [0.1, 0.15) is 0 Å². The fraction of sp³-hybridized carbons (Fsp3) is 0.462. The Hall–Kier alpha value is -2.11. The molecule has 0 heterocycles. The van der Waals surface area contributed by atoms with Gasteiger partial charge in [-0.05, 0) is 19.4 Å². The van der Waals surface area contributed by atoms with E-state index in [9.17, 15) is 14.9 Å². The molecule has 19 heavy (non-hydrogen) atoms. The van der Waals surface area contributed by atoms with Crippen molar-refractivity contribution in [2.45, 2.75) is 26.7 Å². The van der Waals surface area contributed by atoms with Gasteiger partial charge in [0.05, 0.1) is 10.8 Å². The first kappa shape index (κ1) is 14.9. The second-order valence-corrected chi connectivity index (χ2v) is 4.41. The lowest BCUT2D eigenvalue weighted by molar-refractivity contribution is -0.385. The van der Waals surface area contributed by atoms with Crippen molar-refractivity contribution in [1.29, 1.82) is 0 Å². The van der Waals surface area contributed by atoms with Crippen molar-refractivity contribution in [2.75, 3.05) is 11.9 Å². The van der Waals surface area contributed by atoms with Crippen LogP contribution < -0.4 is 5.32 Å². The van der Waals surface area contributed by atoms with Gasteiger partial charge in [-0.15, -0.1) is 0 Å². The van der Waals surface area contributed by atoms with Crippen molar-refractivity contribution < 1.29 is 14.8 Å². The second-order valence-electron chi connectivity index (χ2n) is 4.41. The molecular formula is C13H18N2O4. The van der Waals surface area contributed by atoms with E-state index in [4.69, 9.17) is 5.11 Å². The van der Waals surface area contributed by atoms with Crippen LogP contribution in [0.2, 0.25) is 0 Å². The average molecular weight is 266 g/mol. The van der Waals surface area contributed by atoms with Gasteiger partial charge in [0.25, 0.3) is 5.69 Å². The molecule has 6 nitrogen and oxygen atoms in total. The van der Waals surface area contributed by atoms with Gasteiger partial charge in [0.15, 0.2) is 0 Å². The van der Waals surface area contributed by atoms with Crippen molar-refractivity contribution in [3.63, 3.8) is 0 Å². The number of nitrogens with one attached hydrogen (secondary N) is 1. The number of aliphatic carboxylic acids is 1. The first-order valence-electron chi connectivity index (χ1n) is 6.18. The molecule has 0 aliphatic rings. The Morgan fingerprint density at radius 2 is 2.21 bits per heavy atom. The lowest BCUT2D eigenvalue weighted by atomic mass is 10.0. The lowest BCUT2D eigenvalue weighted by Gasteiger charge is -2.14. The number of nitro groups is 1. The average Bonchev–Trinajstić information content (AvgIpc) is 2.35. The molecule has 1 aromatic rings. The van der Waals surface area contributed by atoms with E-state index in [1.807, 2.05) is 6.92 Å². The number of nitro benzene ring substituents is 1. The van der Waals surface area contributed by atoms with Crippen LogP contribution in [-0.2, 0) is 4.79 Å². The van der Waals surface area contributed by atoms with Crippen LogP contribution in [0.5, 0.6) is 0 Å². The van der Waals surface area contributed by atoms with Gasteiger partial charge < -0.3 is 10.4 Å². The highest BCUT2D eigenvalue weighted by Gasteiger charge is 2.18. The van der Waals surface area contributed by atoms with Crippen molar-refractivity contribution in [1.82, 2.24) is 0 Å². The number of nitrogens with zero attached hydrogens (tertiary/aromatic N) is 1. The molecule has 1 unspecified atom stereocenters. The third-order valence-corrected chi connectivity index (χ3v) is 3.03. The summed E-state index contributed by atoms with van der Waals surface area (Å²) in [5.74, 6) is -1.33. The van der Waals surface area contributed by atoms with Crippen molar-refractivity contribution in [2.24, 2.45) is 5.92 Å². The molecule has 0 saturated carbocycles. The van der Waals surface area contributed by atoms with E-state index in [1.54, 1.807) is 19.1 Å². The van der Waals surface area contributed by atoms with Gasteiger partial charge >= 0.3 is 5.97 Å². The van der Waals surface area contributed by atoms with E-state index in [0.717, 1.165) is 6.42 Å². The number of hydrogen-bond acceptors (Lipinski definition) is 4. The molecule has 0 aliphatic heterocycles. The molecule has 0 fully saturated rings. The molecule has 2 N–H and O–H groups in total. The maximum atomic E-state index is 11.0. The molecule has 104 valence electrons. The lowest BCUT2D eigenvalue weighted by Crippen LogP contribution is -2.23. The second kappa shape index (κ2) is 6.72. The van der Waals surface area contributed by atoms with Gasteiger partial charge in [0, 0.05) is 23.9 Å². The van der Waals surface area contributed by atoms with Crippen LogP contribution in [0, 0.1) is 23.0 Å². The van der Waals surface area contributed by atoms with E-state index in [1.165, 1.54) is 6.07 Å². The Morgan fingerprint density at radius 1 is 1.53 bits per heavy atom. The number of hydrogen-bond donors (Lipinski definition) is 2. The molecule has 6 heteroatoms. The number of carboxylic acids is 1. The molecule has 1 atom stereocenters. The van der Waals surface area contributed by atoms with E-state index >= 15 is 0 Å². The fourth-order valence-corrected chi connectivity index (χ4v) is 1.91. The van der Waals surface area contributed by atoms with Crippen molar-refractivity contribution >= 4 is 17.3 Å². The smallest absolute Gasteiger partial charge is 0.308 e. The standard InChI is InChI=1S/C13H18N2O4/c1-3-5-10(13(16)17)8-14-11-6-4-7-12(9(11)2)15(18)19/h4,6-7,10,14H,3,5,8H2,1-2H3,(H,16,17). The molecule has 0 bridgehead atoms. The number of rotatable bonds is 7. The Kier molecular flexibility index (Phi) is 5.29.